The lowest BCUT2D eigenvalue weighted by Crippen LogP contribution is -2.00. The van der Waals surface area contributed by atoms with Gasteiger partial charge in [-0.05, 0) is 106 Å². The van der Waals surface area contributed by atoms with Gasteiger partial charge in [0, 0.05) is 17.1 Å². The fourth-order valence-electron chi connectivity index (χ4n) is 4.86. The molecule has 0 spiro atoms. The molecule has 0 radical (unpaired) electrons. The van der Waals surface area contributed by atoms with Gasteiger partial charge in [-0.15, -0.1) is 0 Å². The summed E-state index contributed by atoms with van der Waals surface area (Å²) in [4.78, 5) is 16.7. The molecule has 0 unspecified atom stereocenters. The van der Waals surface area contributed by atoms with Crippen molar-refractivity contribution in [2.45, 2.75) is 0 Å². The van der Waals surface area contributed by atoms with Gasteiger partial charge in [0.2, 0.25) is 0 Å². The zero-order valence-electron chi connectivity index (χ0n) is 20.7. The van der Waals surface area contributed by atoms with E-state index in [1.54, 1.807) is 48.6 Å². The lowest BCUT2D eigenvalue weighted by atomic mass is 9.83. The van der Waals surface area contributed by atoms with Gasteiger partial charge < -0.3 is 15.3 Å². The SMILES string of the molecule is O=C1C=CC(=C(c2ccc(O)cc2)c2c(-c3ccc(O)cc3)ccc3cnc(-c4ccc(O)cc4)cc23)C=C1. The van der Waals surface area contributed by atoms with Crippen LogP contribution in [-0.2, 0) is 4.79 Å². The molecule has 4 aromatic carbocycles. The number of hydrogen-bond donors (Lipinski definition) is 3. The minimum Gasteiger partial charge on any atom is -0.508 e. The molecule has 188 valence electrons. The second kappa shape index (κ2) is 9.80. The Hall–Kier alpha value is -5.42. The van der Waals surface area contributed by atoms with Crippen molar-refractivity contribution in [1.29, 1.82) is 0 Å². The molecule has 1 aliphatic rings. The summed E-state index contributed by atoms with van der Waals surface area (Å²) in [6.45, 7) is 0. The van der Waals surface area contributed by atoms with Crippen molar-refractivity contribution < 1.29 is 20.1 Å². The number of carbonyl (C=O) groups excluding carboxylic acids is 1. The standard InChI is InChI=1S/C34H23NO4/c36-26-10-1-21(2-11-26)30-18-9-25-20-35-32(22-3-12-27(37)13-4-22)19-31(25)34(30)33(23-5-14-28(38)15-6-23)24-7-16-29(39)17-8-24/h1-20,36-38H. The van der Waals surface area contributed by atoms with Crippen LogP contribution in [0.1, 0.15) is 11.1 Å². The summed E-state index contributed by atoms with van der Waals surface area (Å²) < 4.78 is 0. The molecular formula is C34H23NO4. The molecule has 5 heteroatoms. The number of benzene rings is 4. The number of phenolic OH excluding ortho intramolecular Hbond substituents is 3. The third-order valence-electron chi connectivity index (χ3n) is 6.79. The van der Waals surface area contributed by atoms with E-state index in [4.69, 9.17) is 4.98 Å². The molecule has 39 heavy (non-hydrogen) atoms. The zero-order chi connectivity index (χ0) is 26.9. The van der Waals surface area contributed by atoms with Crippen LogP contribution in [0.2, 0.25) is 0 Å². The van der Waals surface area contributed by atoms with E-state index in [0.717, 1.165) is 55.4 Å². The summed E-state index contributed by atoms with van der Waals surface area (Å²) in [6, 6.07) is 27.1. The van der Waals surface area contributed by atoms with Gasteiger partial charge >= 0.3 is 0 Å². The first-order chi connectivity index (χ1) is 19.0. The molecular weight excluding hydrogens is 486 g/mol. The lowest BCUT2D eigenvalue weighted by Gasteiger charge is -2.20. The Labute approximate surface area is 225 Å². The molecule has 6 rings (SSSR count). The van der Waals surface area contributed by atoms with Crippen molar-refractivity contribution in [3.05, 3.63) is 138 Å². The van der Waals surface area contributed by atoms with Gasteiger partial charge in [0.15, 0.2) is 5.78 Å². The van der Waals surface area contributed by atoms with Crippen molar-refractivity contribution in [2.24, 2.45) is 0 Å². The zero-order valence-corrected chi connectivity index (χ0v) is 20.7. The molecule has 0 saturated heterocycles. The van der Waals surface area contributed by atoms with Gasteiger partial charge in [-0.1, -0.05) is 48.6 Å². The summed E-state index contributed by atoms with van der Waals surface area (Å²) in [7, 11) is 0. The van der Waals surface area contributed by atoms with Crippen molar-refractivity contribution in [3.8, 4) is 39.6 Å². The predicted octanol–water partition coefficient (Wildman–Crippen LogP) is 7.18. The predicted molar refractivity (Wildman–Crippen MR) is 153 cm³/mol. The molecule has 5 nitrogen and oxygen atoms in total. The summed E-state index contributed by atoms with van der Waals surface area (Å²) >= 11 is 0. The Morgan fingerprint density at radius 2 is 1.18 bits per heavy atom. The van der Waals surface area contributed by atoms with E-state index in [-0.39, 0.29) is 23.0 Å². The number of aromatic nitrogens is 1. The average Bonchev–Trinajstić information content (AvgIpc) is 2.96. The quantitative estimate of drug-likeness (QED) is 0.239. The summed E-state index contributed by atoms with van der Waals surface area (Å²) in [5.74, 6) is 0.427. The fourth-order valence-corrected chi connectivity index (χ4v) is 4.86. The molecule has 1 aromatic heterocycles. The number of fused-ring (bicyclic) bond motifs is 1. The Balaban J connectivity index is 1.72. The molecule has 5 aromatic rings. The highest BCUT2D eigenvalue weighted by Crippen LogP contribution is 2.42. The van der Waals surface area contributed by atoms with E-state index < -0.39 is 0 Å². The first-order valence-corrected chi connectivity index (χ1v) is 12.4. The molecule has 0 bridgehead atoms. The number of pyridine rings is 1. The van der Waals surface area contributed by atoms with E-state index in [0.29, 0.717) is 0 Å². The number of hydrogen-bond acceptors (Lipinski definition) is 5. The average molecular weight is 510 g/mol. The molecule has 0 atom stereocenters. The smallest absolute Gasteiger partial charge is 0.178 e. The number of rotatable bonds is 4. The Morgan fingerprint density at radius 3 is 1.79 bits per heavy atom. The Bertz CT molecular complexity index is 1790. The van der Waals surface area contributed by atoms with Gasteiger partial charge in [0.05, 0.1) is 5.69 Å². The second-order valence-electron chi connectivity index (χ2n) is 9.32. The number of ketones is 1. The topological polar surface area (TPSA) is 90.7 Å². The summed E-state index contributed by atoms with van der Waals surface area (Å²) in [6.07, 6.45) is 8.55. The first kappa shape index (κ1) is 23.9. The maximum atomic E-state index is 12.0. The fraction of sp³-hybridized carbons (Fsp3) is 0. The van der Waals surface area contributed by atoms with Crippen LogP contribution in [0, 0.1) is 0 Å². The van der Waals surface area contributed by atoms with Crippen LogP contribution >= 0.6 is 0 Å². The molecule has 0 saturated carbocycles. The van der Waals surface area contributed by atoms with E-state index in [9.17, 15) is 20.1 Å². The highest BCUT2D eigenvalue weighted by Gasteiger charge is 2.20. The highest BCUT2D eigenvalue weighted by molar-refractivity contribution is 6.08. The number of carbonyl (C=O) groups is 1. The van der Waals surface area contributed by atoms with E-state index >= 15 is 0 Å². The largest absolute Gasteiger partial charge is 0.508 e. The van der Waals surface area contributed by atoms with Crippen LogP contribution in [0.3, 0.4) is 0 Å². The second-order valence-corrected chi connectivity index (χ2v) is 9.32. The maximum absolute atomic E-state index is 12.0. The van der Waals surface area contributed by atoms with Gasteiger partial charge in [0.1, 0.15) is 17.2 Å². The van der Waals surface area contributed by atoms with Crippen LogP contribution in [0.4, 0.5) is 0 Å². The molecule has 0 fully saturated rings. The molecule has 0 aliphatic heterocycles. The maximum Gasteiger partial charge on any atom is 0.178 e. The number of aromatic hydroxyl groups is 3. The highest BCUT2D eigenvalue weighted by atomic mass is 16.3. The van der Waals surface area contributed by atoms with Crippen LogP contribution in [0.5, 0.6) is 17.2 Å². The van der Waals surface area contributed by atoms with Crippen LogP contribution in [-0.4, -0.2) is 26.1 Å². The van der Waals surface area contributed by atoms with Crippen LogP contribution in [0.15, 0.2) is 127 Å². The minimum absolute atomic E-state index is 0.0840. The van der Waals surface area contributed by atoms with Gasteiger partial charge in [-0.25, -0.2) is 0 Å². The van der Waals surface area contributed by atoms with Gasteiger partial charge in [0.25, 0.3) is 0 Å². The molecule has 1 heterocycles. The minimum atomic E-state index is -0.0840. The Morgan fingerprint density at radius 1 is 0.615 bits per heavy atom. The third-order valence-corrected chi connectivity index (χ3v) is 6.79. The van der Waals surface area contributed by atoms with Crippen molar-refractivity contribution in [2.75, 3.05) is 0 Å². The van der Waals surface area contributed by atoms with Crippen molar-refractivity contribution in [1.82, 2.24) is 4.98 Å². The van der Waals surface area contributed by atoms with Crippen molar-refractivity contribution in [3.63, 3.8) is 0 Å². The molecule has 1 aliphatic carbocycles. The summed E-state index contributed by atoms with van der Waals surface area (Å²) in [5.41, 5.74) is 6.95. The molecule has 0 amide bonds. The Kier molecular flexibility index (Phi) is 6.02. The first-order valence-electron chi connectivity index (χ1n) is 12.4. The van der Waals surface area contributed by atoms with Crippen LogP contribution in [0.25, 0.3) is 38.7 Å². The van der Waals surface area contributed by atoms with Crippen molar-refractivity contribution >= 4 is 22.1 Å². The van der Waals surface area contributed by atoms with E-state index in [1.807, 2.05) is 72.9 Å². The number of allylic oxidation sites excluding steroid dienone is 5. The normalized spacial score (nSPS) is 12.7. The number of nitrogens with zero attached hydrogens (tertiary/aromatic N) is 1. The lowest BCUT2D eigenvalue weighted by molar-refractivity contribution is -0.110. The van der Waals surface area contributed by atoms with Crippen LogP contribution < -0.4 is 0 Å². The monoisotopic (exact) mass is 509 g/mol. The third kappa shape index (κ3) is 4.69. The van der Waals surface area contributed by atoms with E-state index in [2.05, 4.69) is 0 Å². The molecule has 3 N–H and O–H groups in total. The van der Waals surface area contributed by atoms with Gasteiger partial charge in [-0.3, -0.25) is 9.78 Å². The van der Waals surface area contributed by atoms with Gasteiger partial charge in [-0.2, -0.15) is 0 Å². The van der Waals surface area contributed by atoms with E-state index in [1.165, 1.54) is 0 Å². The summed E-state index contributed by atoms with van der Waals surface area (Å²) in [5, 5.41) is 31.6. The number of phenols is 3.